The number of hydrogen-bond donors (Lipinski definition) is 2. The molecule has 2 aliphatic rings. The van der Waals surface area contributed by atoms with Gasteiger partial charge in [0.2, 0.25) is 0 Å². The zero-order valence-corrected chi connectivity index (χ0v) is 17.1. The van der Waals surface area contributed by atoms with Crippen LogP contribution >= 0.6 is 0 Å². The predicted octanol–water partition coefficient (Wildman–Crippen LogP) is 3.89. The van der Waals surface area contributed by atoms with Crippen LogP contribution in [0.5, 0.6) is 5.75 Å². The molecular formula is C23H24N6O2. The maximum atomic E-state index is 6.24. The number of anilines is 2. The summed E-state index contributed by atoms with van der Waals surface area (Å²) in [5, 5.41) is 5.40. The number of pyridine rings is 1. The minimum atomic E-state index is -0.0743. The van der Waals surface area contributed by atoms with Crippen LogP contribution in [0.4, 0.5) is 11.6 Å². The molecule has 8 nitrogen and oxygen atoms in total. The van der Waals surface area contributed by atoms with Gasteiger partial charge in [-0.3, -0.25) is 0 Å². The van der Waals surface area contributed by atoms with Crippen LogP contribution in [0.1, 0.15) is 31.9 Å². The summed E-state index contributed by atoms with van der Waals surface area (Å²) in [4.78, 5) is 13.2. The lowest BCUT2D eigenvalue weighted by atomic mass is 10.2. The first kappa shape index (κ1) is 18.4. The molecule has 4 aromatic rings. The van der Waals surface area contributed by atoms with E-state index in [1.54, 1.807) is 0 Å². The van der Waals surface area contributed by atoms with Crippen LogP contribution in [0.25, 0.3) is 21.9 Å². The quantitative estimate of drug-likeness (QED) is 0.492. The van der Waals surface area contributed by atoms with E-state index in [9.17, 15) is 0 Å². The molecule has 0 unspecified atom stereocenters. The lowest BCUT2D eigenvalue weighted by Crippen LogP contribution is -2.18. The van der Waals surface area contributed by atoms with Crippen LogP contribution in [0.15, 0.2) is 48.9 Å². The molecule has 2 fully saturated rings. The molecule has 0 radical (unpaired) electrons. The molecule has 31 heavy (non-hydrogen) atoms. The van der Waals surface area contributed by atoms with Crippen molar-refractivity contribution in [2.45, 2.75) is 44.1 Å². The number of benzene rings is 1. The molecule has 1 aliphatic heterocycles. The van der Waals surface area contributed by atoms with E-state index in [1.807, 2.05) is 41.1 Å². The van der Waals surface area contributed by atoms with Gasteiger partial charge in [-0.25, -0.2) is 15.0 Å². The summed E-state index contributed by atoms with van der Waals surface area (Å²) in [6.07, 6.45) is 7.68. The number of ether oxygens (including phenoxy) is 2. The number of rotatable bonds is 6. The van der Waals surface area contributed by atoms with Crippen LogP contribution < -0.4 is 15.8 Å². The normalized spacial score (nSPS) is 21.0. The van der Waals surface area contributed by atoms with Crippen LogP contribution in [0, 0.1) is 0 Å². The average molecular weight is 416 g/mol. The Morgan fingerprint density at radius 1 is 1.10 bits per heavy atom. The molecule has 0 spiro atoms. The molecule has 2 atom stereocenters. The topological polar surface area (TPSA) is 100 Å². The highest BCUT2D eigenvalue weighted by atomic mass is 16.6. The minimum absolute atomic E-state index is 0.0214. The molecule has 6 rings (SSSR count). The van der Waals surface area contributed by atoms with E-state index in [0.29, 0.717) is 18.5 Å². The highest BCUT2D eigenvalue weighted by molar-refractivity contribution is 5.86. The summed E-state index contributed by atoms with van der Waals surface area (Å²) in [6, 6.07) is 12.7. The zero-order valence-electron chi connectivity index (χ0n) is 17.1. The van der Waals surface area contributed by atoms with E-state index in [-0.39, 0.29) is 12.3 Å². The summed E-state index contributed by atoms with van der Waals surface area (Å²) in [7, 11) is 0. The van der Waals surface area contributed by atoms with Crippen LogP contribution in [-0.2, 0) is 4.74 Å². The second-order valence-electron chi connectivity index (χ2n) is 8.29. The Kier molecular flexibility index (Phi) is 4.38. The minimum Gasteiger partial charge on any atom is -0.491 e. The molecule has 3 N–H and O–H groups in total. The number of nitrogens with zero attached hydrogens (tertiary/aromatic N) is 4. The van der Waals surface area contributed by atoms with Crippen molar-refractivity contribution in [1.82, 2.24) is 19.5 Å². The van der Waals surface area contributed by atoms with Crippen molar-refractivity contribution in [2.24, 2.45) is 0 Å². The van der Waals surface area contributed by atoms with Crippen LogP contribution in [0.2, 0.25) is 0 Å². The van der Waals surface area contributed by atoms with Gasteiger partial charge in [0, 0.05) is 23.7 Å². The smallest absolute Gasteiger partial charge is 0.147 e. The van der Waals surface area contributed by atoms with Crippen molar-refractivity contribution in [3.05, 3.63) is 48.9 Å². The lowest BCUT2D eigenvalue weighted by molar-refractivity contribution is -0.0156. The number of hydrogen-bond acceptors (Lipinski definition) is 7. The first-order chi connectivity index (χ1) is 15.2. The predicted molar refractivity (Wildman–Crippen MR) is 119 cm³/mol. The van der Waals surface area contributed by atoms with Gasteiger partial charge in [-0.05, 0) is 56.0 Å². The van der Waals surface area contributed by atoms with Crippen LogP contribution in [-0.4, -0.2) is 38.3 Å². The summed E-state index contributed by atoms with van der Waals surface area (Å²) in [6.45, 7) is 0.498. The Balaban J connectivity index is 1.12. The molecule has 8 heteroatoms. The third-order valence-electron chi connectivity index (χ3n) is 5.96. The average Bonchev–Trinajstić information content (AvgIpc) is 3.29. The molecule has 1 aromatic carbocycles. The molecule has 1 saturated heterocycles. The molecular weight excluding hydrogens is 392 g/mol. The molecule has 1 aliphatic carbocycles. The number of nitrogens with one attached hydrogen (secondary N) is 1. The molecule has 1 saturated carbocycles. The SMILES string of the molecule is Nc1ncnc2c1ccn2[C@H]1CC[C@@H](COc2ccc3ccc(NC4CC4)nc3c2)O1. The maximum absolute atomic E-state index is 6.24. The lowest BCUT2D eigenvalue weighted by Gasteiger charge is -2.16. The van der Waals surface area contributed by atoms with E-state index in [1.165, 1.54) is 19.2 Å². The molecule has 0 amide bonds. The Morgan fingerprint density at radius 2 is 2.00 bits per heavy atom. The van der Waals surface area contributed by atoms with Crippen molar-refractivity contribution in [1.29, 1.82) is 0 Å². The fourth-order valence-electron chi connectivity index (χ4n) is 4.13. The number of nitrogen functional groups attached to an aromatic ring is 1. The summed E-state index contributed by atoms with van der Waals surface area (Å²) >= 11 is 0. The largest absolute Gasteiger partial charge is 0.491 e. The summed E-state index contributed by atoms with van der Waals surface area (Å²) in [5.41, 5.74) is 7.68. The molecule has 4 heterocycles. The van der Waals surface area contributed by atoms with Crippen molar-refractivity contribution in [2.75, 3.05) is 17.7 Å². The van der Waals surface area contributed by atoms with Crippen molar-refractivity contribution >= 4 is 33.6 Å². The Hall–Kier alpha value is -3.39. The Labute approximate surface area is 179 Å². The van der Waals surface area contributed by atoms with Gasteiger partial charge in [0.1, 0.15) is 42.2 Å². The summed E-state index contributed by atoms with van der Waals surface area (Å²) in [5.74, 6) is 2.22. The van der Waals surface area contributed by atoms with Crippen LogP contribution in [0.3, 0.4) is 0 Å². The van der Waals surface area contributed by atoms with Gasteiger partial charge in [0.25, 0.3) is 0 Å². The second-order valence-corrected chi connectivity index (χ2v) is 8.29. The highest BCUT2D eigenvalue weighted by Crippen LogP contribution is 2.32. The fourth-order valence-corrected chi connectivity index (χ4v) is 4.13. The summed E-state index contributed by atoms with van der Waals surface area (Å²) < 4.78 is 14.3. The zero-order chi connectivity index (χ0) is 20.8. The number of nitrogens with two attached hydrogens (primary N) is 1. The van der Waals surface area contributed by atoms with Gasteiger partial charge in [-0.2, -0.15) is 0 Å². The Morgan fingerprint density at radius 3 is 2.90 bits per heavy atom. The van der Waals surface area contributed by atoms with Gasteiger partial charge >= 0.3 is 0 Å². The molecule has 3 aromatic heterocycles. The first-order valence-electron chi connectivity index (χ1n) is 10.8. The van der Waals surface area contributed by atoms with E-state index in [0.717, 1.165) is 46.3 Å². The van der Waals surface area contributed by atoms with Gasteiger partial charge in [0.15, 0.2) is 0 Å². The van der Waals surface area contributed by atoms with E-state index >= 15 is 0 Å². The fraction of sp³-hybridized carbons (Fsp3) is 0.348. The maximum Gasteiger partial charge on any atom is 0.147 e. The van der Waals surface area contributed by atoms with Gasteiger partial charge in [-0.1, -0.05) is 0 Å². The molecule has 158 valence electrons. The van der Waals surface area contributed by atoms with Gasteiger partial charge in [-0.15, -0.1) is 0 Å². The van der Waals surface area contributed by atoms with E-state index in [2.05, 4.69) is 21.4 Å². The monoisotopic (exact) mass is 416 g/mol. The van der Waals surface area contributed by atoms with Gasteiger partial charge in [0.05, 0.1) is 17.0 Å². The van der Waals surface area contributed by atoms with Crippen molar-refractivity contribution in [3.63, 3.8) is 0 Å². The first-order valence-corrected chi connectivity index (χ1v) is 10.8. The van der Waals surface area contributed by atoms with Crippen molar-refractivity contribution in [3.8, 4) is 5.75 Å². The standard InChI is InChI=1S/C23H24N6O2/c24-22-18-9-10-29(23(18)26-13-25-22)21-8-6-17(31-21)12-30-16-5-1-14-2-7-20(27-15-3-4-15)28-19(14)11-16/h1-2,5,7,9-11,13,15,17,21H,3-4,6,8,12H2,(H,27,28)(H2,24,25,26)/t17-,21+/m0/s1. The van der Waals surface area contributed by atoms with Crippen molar-refractivity contribution < 1.29 is 9.47 Å². The third kappa shape index (κ3) is 3.63. The van der Waals surface area contributed by atoms with Gasteiger partial charge < -0.3 is 25.1 Å². The molecule has 0 bridgehead atoms. The Bertz CT molecular complexity index is 1250. The highest BCUT2D eigenvalue weighted by Gasteiger charge is 2.28. The second kappa shape index (κ2) is 7.39. The third-order valence-corrected chi connectivity index (χ3v) is 5.96. The number of aromatic nitrogens is 4. The number of fused-ring (bicyclic) bond motifs is 2. The van der Waals surface area contributed by atoms with E-state index in [4.69, 9.17) is 20.2 Å². The van der Waals surface area contributed by atoms with E-state index < -0.39 is 0 Å².